The number of ether oxygens (including phenoxy) is 1. The molecular formula is C33H41N3O4. The van der Waals surface area contributed by atoms with Crippen LogP contribution in [0.3, 0.4) is 0 Å². The van der Waals surface area contributed by atoms with Crippen molar-refractivity contribution in [2.45, 2.75) is 85.0 Å². The van der Waals surface area contributed by atoms with E-state index in [0.717, 1.165) is 36.0 Å². The van der Waals surface area contributed by atoms with E-state index in [2.05, 4.69) is 36.6 Å². The van der Waals surface area contributed by atoms with Gasteiger partial charge in [0, 0.05) is 29.7 Å². The lowest BCUT2D eigenvalue weighted by Crippen LogP contribution is -2.60. The van der Waals surface area contributed by atoms with E-state index < -0.39 is 11.6 Å². The summed E-state index contributed by atoms with van der Waals surface area (Å²) >= 11 is 0. The highest BCUT2D eigenvalue weighted by molar-refractivity contribution is 5.95. The van der Waals surface area contributed by atoms with Gasteiger partial charge in [-0.2, -0.15) is 0 Å². The van der Waals surface area contributed by atoms with Gasteiger partial charge in [-0.05, 0) is 81.7 Å². The van der Waals surface area contributed by atoms with Crippen LogP contribution < -0.4 is 0 Å². The number of aryl methyl sites for hydroxylation is 1. The lowest BCUT2D eigenvalue weighted by Gasteiger charge is -2.41. The average Bonchev–Trinajstić information content (AvgIpc) is 3.15. The minimum Gasteiger partial charge on any atom is -0.456 e. The Morgan fingerprint density at radius 3 is 2.45 bits per heavy atom. The van der Waals surface area contributed by atoms with Crippen molar-refractivity contribution in [1.82, 2.24) is 14.4 Å². The highest BCUT2D eigenvalue weighted by Crippen LogP contribution is 2.34. The Hall–Kier alpha value is -3.61. The second-order valence-electron chi connectivity index (χ2n) is 12.6. The molecule has 1 unspecified atom stereocenters. The zero-order valence-corrected chi connectivity index (χ0v) is 24.4. The molecule has 1 fully saturated rings. The van der Waals surface area contributed by atoms with Crippen LogP contribution in [-0.2, 0) is 33.8 Å². The highest BCUT2D eigenvalue weighted by atomic mass is 16.6. The lowest BCUT2D eigenvalue weighted by molar-refractivity contribution is -0.157. The Balaban J connectivity index is 1.45. The number of esters is 1. The Kier molecular flexibility index (Phi) is 7.76. The Labute approximate surface area is 237 Å². The number of rotatable bonds is 6. The van der Waals surface area contributed by atoms with Crippen LogP contribution in [0.15, 0.2) is 48.5 Å². The van der Waals surface area contributed by atoms with E-state index >= 15 is 0 Å². The van der Waals surface area contributed by atoms with Gasteiger partial charge >= 0.3 is 5.97 Å². The molecule has 1 aromatic heterocycles. The molecule has 3 heterocycles. The molecule has 2 aliphatic heterocycles. The van der Waals surface area contributed by atoms with Crippen LogP contribution in [-0.4, -0.2) is 56.9 Å². The van der Waals surface area contributed by atoms with Crippen molar-refractivity contribution in [3.8, 4) is 0 Å². The molecule has 2 aliphatic rings. The lowest BCUT2D eigenvalue weighted by atomic mass is 9.95. The average molecular weight is 544 g/mol. The van der Waals surface area contributed by atoms with Crippen molar-refractivity contribution in [3.63, 3.8) is 0 Å². The van der Waals surface area contributed by atoms with E-state index in [1.165, 1.54) is 10.9 Å². The summed E-state index contributed by atoms with van der Waals surface area (Å²) in [6.45, 7) is 11.7. The predicted molar refractivity (Wildman–Crippen MR) is 156 cm³/mol. The van der Waals surface area contributed by atoms with Gasteiger partial charge in [-0.3, -0.25) is 9.59 Å². The molecule has 2 amide bonds. The number of carbonyl (C=O) groups is 3. The van der Waals surface area contributed by atoms with Crippen LogP contribution >= 0.6 is 0 Å². The van der Waals surface area contributed by atoms with Crippen molar-refractivity contribution in [2.24, 2.45) is 5.92 Å². The first-order chi connectivity index (χ1) is 19.0. The molecule has 0 spiro atoms. The number of para-hydroxylation sites is 1. The van der Waals surface area contributed by atoms with Crippen molar-refractivity contribution in [3.05, 3.63) is 70.9 Å². The minimum absolute atomic E-state index is 0.0275. The van der Waals surface area contributed by atoms with Gasteiger partial charge in [0.25, 0.3) is 0 Å². The van der Waals surface area contributed by atoms with Gasteiger partial charge in [-0.25, -0.2) is 4.79 Å². The first-order valence-corrected chi connectivity index (χ1v) is 14.5. The van der Waals surface area contributed by atoms with E-state index in [9.17, 15) is 14.4 Å². The van der Waals surface area contributed by atoms with Crippen LogP contribution in [0.25, 0.3) is 10.9 Å². The van der Waals surface area contributed by atoms with E-state index in [-0.39, 0.29) is 24.3 Å². The van der Waals surface area contributed by atoms with Crippen LogP contribution in [0.5, 0.6) is 0 Å². The monoisotopic (exact) mass is 543 g/mol. The van der Waals surface area contributed by atoms with E-state index in [1.807, 2.05) is 56.0 Å². The molecule has 212 valence electrons. The summed E-state index contributed by atoms with van der Waals surface area (Å²) in [6, 6.07) is 15.6. The highest BCUT2D eigenvalue weighted by Gasteiger charge is 2.40. The molecule has 7 heteroatoms. The molecule has 0 aliphatic carbocycles. The zero-order chi connectivity index (χ0) is 28.6. The van der Waals surface area contributed by atoms with Gasteiger partial charge in [-0.15, -0.1) is 0 Å². The third-order valence-corrected chi connectivity index (χ3v) is 7.94. The second kappa shape index (κ2) is 11.1. The molecule has 40 heavy (non-hydrogen) atoms. The number of hydrogen-bond acceptors (Lipinski definition) is 4. The maximum absolute atomic E-state index is 13.5. The summed E-state index contributed by atoms with van der Waals surface area (Å²) in [5, 5.41) is 1.20. The van der Waals surface area contributed by atoms with Gasteiger partial charge in [0.1, 0.15) is 11.6 Å². The van der Waals surface area contributed by atoms with Gasteiger partial charge < -0.3 is 19.1 Å². The maximum Gasteiger partial charge on any atom is 0.338 e. The van der Waals surface area contributed by atoms with Crippen LogP contribution in [0.2, 0.25) is 0 Å². The first kappa shape index (κ1) is 27.9. The Morgan fingerprint density at radius 2 is 1.75 bits per heavy atom. The number of amides is 2. The third kappa shape index (κ3) is 5.79. The summed E-state index contributed by atoms with van der Waals surface area (Å²) in [4.78, 5) is 43.1. The zero-order valence-electron chi connectivity index (χ0n) is 24.4. The molecular weight excluding hydrogens is 502 g/mol. The number of hydrogen-bond donors (Lipinski definition) is 0. The first-order valence-electron chi connectivity index (χ1n) is 14.5. The molecule has 0 radical (unpaired) electrons. The number of benzene rings is 2. The largest absolute Gasteiger partial charge is 0.456 e. The van der Waals surface area contributed by atoms with E-state index in [0.29, 0.717) is 37.5 Å². The van der Waals surface area contributed by atoms with Gasteiger partial charge in [0.15, 0.2) is 0 Å². The smallest absolute Gasteiger partial charge is 0.338 e. The summed E-state index contributed by atoms with van der Waals surface area (Å²) < 4.78 is 7.81. The Bertz CT molecular complexity index is 1410. The minimum atomic E-state index is -0.549. The predicted octanol–water partition coefficient (Wildman–Crippen LogP) is 5.57. The van der Waals surface area contributed by atoms with Crippen molar-refractivity contribution in [1.29, 1.82) is 0 Å². The summed E-state index contributed by atoms with van der Waals surface area (Å²) in [7, 11) is 0. The molecule has 1 atom stereocenters. The van der Waals surface area contributed by atoms with E-state index in [1.54, 1.807) is 4.90 Å². The number of piperazine rings is 1. The van der Waals surface area contributed by atoms with Crippen LogP contribution in [0.1, 0.15) is 81.1 Å². The third-order valence-electron chi connectivity index (χ3n) is 7.94. The summed E-state index contributed by atoms with van der Waals surface area (Å²) in [5.74, 6) is 0.260. The number of fused-ring (bicyclic) bond motifs is 4. The number of aromatic nitrogens is 1. The van der Waals surface area contributed by atoms with Crippen LogP contribution in [0, 0.1) is 5.92 Å². The second-order valence-corrected chi connectivity index (χ2v) is 12.6. The van der Waals surface area contributed by atoms with Crippen molar-refractivity contribution in [2.75, 3.05) is 13.1 Å². The number of nitrogens with zero attached hydrogens (tertiary/aromatic N) is 3. The molecule has 5 rings (SSSR count). The normalized spacial score (nSPS) is 18.0. The quantitative estimate of drug-likeness (QED) is 0.381. The fourth-order valence-electron chi connectivity index (χ4n) is 5.90. The summed E-state index contributed by atoms with van der Waals surface area (Å²) in [5.41, 5.74) is 4.51. The topological polar surface area (TPSA) is 71.8 Å². The SMILES string of the molecule is CC(C)CCN1CC(=O)N2Cc3c(c4ccccc4n3Cc3ccc(C(=O)OC(C)(C)C)cc3)CCCC2C1=O. The Morgan fingerprint density at radius 1 is 1.02 bits per heavy atom. The molecule has 2 aromatic carbocycles. The van der Waals surface area contributed by atoms with E-state index in [4.69, 9.17) is 4.74 Å². The summed E-state index contributed by atoms with van der Waals surface area (Å²) in [6.07, 6.45) is 3.31. The fourth-order valence-corrected chi connectivity index (χ4v) is 5.90. The molecule has 0 saturated carbocycles. The molecule has 3 aromatic rings. The van der Waals surface area contributed by atoms with Crippen molar-refractivity contribution < 1.29 is 19.1 Å². The van der Waals surface area contributed by atoms with Crippen LogP contribution in [0.4, 0.5) is 0 Å². The fraction of sp³-hybridized carbons (Fsp3) is 0.485. The molecule has 0 N–H and O–H groups in total. The molecule has 1 saturated heterocycles. The van der Waals surface area contributed by atoms with Gasteiger partial charge in [0.05, 0.1) is 18.7 Å². The molecule has 0 bridgehead atoms. The van der Waals surface area contributed by atoms with Gasteiger partial charge in [-0.1, -0.05) is 44.2 Å². The van der Waals surface area contributed by atoms with Gasteiger partial charge in [0.2, 0.25) is 11.8 Å². The molecule has 7 nitrogen and oxygen atoms in total. The standard InChI is InChI=1S/C33H41N3O4/c1-22(2)17-18-34-21-30(37)36-20-29-26(10-8-12-28(36)31(34)38)25-9-6-7-11-27(25)35(29)19-23-13-15-24(16-14-23)32(39)40-33(3,4)5/h6-7,9,11,13-16,22,28H,8,10,12,17-21H2,1-5H3. The van der Waals surface area contributed by atoms with Crippen molar-refractivity contribution >= 4 is 28.7 Å². The number of carbonyl (C=O) groups excluding carboxylic acids is 3. The maximum atomic E-state index is 13.5.